The summed E-state index contributed by atoms with van der Waals surface area (Å²) in [6.07, 6.45) is 1.00. The minimum Gasteiger partial charge on any atom is -0.492 e. The number of nitrogens with two attached hydrogens (primary N) is 1. The average Bonchev–Trinajstić information content (AvgIpc) is 2.48. The van der Waals surface area contributed by atoms with Gasteiger partial charge in [-0.05, 0) is 42.8 Å². The molecular formula is C16H17ClN2O2. The van der Waals surface area contributed by atoms with Gasteiger partial charge in [-0.2, -0.15) is 0 Å². The third kappa shape index (κ3) is 5.00. The first-order valence-corrected chi connectivity index (χ1v) is 7.05. The van der Waals surface area contributed by atoms with E-state index in [1.165, 1.54) is 0 Å². The van der Waals surface area contributed by atoms with E-state index in [2.05, 4.69) is 5.32 Å². The van der Waals surface area contributed by atoms with Crippen molar-refractivity contribution in [1.29, 1.82) is 0 Å². The summed E-state index contributed by atoms with van der Waals surface area (Å²) in [5.41, 5.74) is 6.99. The highest BCUT2D eigenvalue weighted by Gasteiger charge is 2.04. The van der Waals surface area contributed by atoms with Gasteiger partial charge in [-0.3, -0.25) is 4.79 Å². The topological polar surface area (TPSA) is 64.3 Å². The molecule has 2 rings (SSSR count). The predicted octanol–water partition coefficient (Wildman–Crippen LogP) is 3.72. The van der Waals surface area contributed by atoms with Crippen LogP contribution in [0.5, 0.6) is 5.75 Å². The van der Waals surface area contributed by atoms with E-state index in [9.17, 15) is 4.79 Å². The average molecular weight is 305 g/mol. The highest BCUT2D eigenvalue weighted by atomic mass is 35.5. The van der Waals surface area contributed by atoms with E-state index in [1.807, 2.05) is 12.1 Å². The molecule has 0 saturated heterocycles. The van der Waals surface area contributed by atoms with Crippen molar-refractivity contribution in [2.45, 2.75) is 12.8 Å². The molecule has 110 valence electrons. The maximum absolute atomic E-state index is 11.8. The first-order valence-electron chi connectivity index (χ1n) is 6.68. The Hall–Kier alpha value is -2.20. The highest BCUT2D eigenvalue weighted by molar-refractivity contribution is 6.32. The van der Waals surface area contributed by atoms with E-state index in [4.69, 9.17) is 22.1 Å². The van der Waals surface area contributed by atoms with E-state index in [0.29, 0.717) is 35.9 Å². The molecule has 0 aliphatic carbocycles. The fourth-order valence-electron chi connectivity index (χ4n) is 1.77. The molecule has 0 aromatic heterocycles. The third-order valence-corrected chi connectivity index (χ3v) is 3.15. The summed E-state index contributed by atoms with van der Waals surface area (Å²) < 4.78 is 5.52. The number of amides is 1. The Morgan fingerprint density at radius 1 is 1.14 bits per heavy atom. The van der Waals surface area contributed by atoms with Gasteiger partial charge >= 0.3 is 0 Å². The van der Waals surface area contributed by atoms with Crippen LogP contribution >= 0.6 is 11.6 Å². The van der Waals surface area contributed by atoms with E-state index >= 15 is 0 Å². The Kier molecular flexibility index (Phi) is 5.46. The van der Waals surface area contributed by atoms with Crippen molar-refractivity contribution in [3.05, 3.63) is 53.6 Å². The molecule has 0 aliphatic rings. The highest BCUT2D eigenvalue weighted by Crippen LogP contribution is 2.23. The number of hydrogen-bond acceptors (Lipinski definition) is 3. The van der Waals surface area contributed by atoms with Crippen molar-refractivity contribution >= 4 is 28.9 Å². The molecule has 0 unspecified atom stereocenters. The minimum atomic E-state index is -0.0532. The van der Waals surface area contributed by atoms with E-state index < -0.39 is 0 Å². The lowest BCUT2D eigenvalue weighted by atomic mass is 10.2. The monoisotopic (exact) mass is 304 g/mol. The van der Waals surface area contributed by atoms with Gasteiger partial charge in [0.2, 0.25) is 5.91 Å². The summed E-state index contributed by atoms with van der Waals surface area (Å²) in [6, 6.07) is 14.3. The van der Waals surface area contributed by atoms with E-state index in [-0.39, 0.29) is 5.91 Å². The first kappa shape index (κ1) is 15.2. The van der Waals surface area contributed by atoms with Gasteiger partial charge in [0.1, 0.15) is 5.75 Å². The van der Waals surface area contributed by atoms with Gasteiger partial charge in [-0.15, -0.1) is 0 Å². The van der Waals surface area contributed by atoms with Crippen LogP contribution in [0.4, 0.5) is 11.4 Å². The molecule has 4 nitrogen and oxygen atoms in total. The van der Waals surface area contributed by atoms with Crippen molar-refractivity contribution in [1.82, 2.24) is 0 Å². The van der Waals surface area contributed by atoms with Gasteiger partial charge in [0.25, 0.3) is 0 Å². The molecule has 0 aliphatic heterocycles. The molecule has 0 bridgehead atoms. The second-order valence-corrected chi connectivity index (χ2v) is 4.96. The number of anilines is 2. The molecule has 3 N–H and O–H groups in total. The van der Waals surface area contributed by atoms with Gasteiger partial charge < -0.3 is 15.8 Å². The van der Waals surface area contributed by atoms with Crippen LogP contribution in [0.1, 0.15) is 12.8 Å². The van der Waals surface area contributed by atoms with Gasteiger partial charge in [0.15, 0.2) is 0 Å². The number of carbonyl (C=O) groups is 1. The number of para-hydroxylation sites is 1. The molecule has 0 heterocycles. The maximum Gasteiger partial charge on any atom is 0.224 e. The molecule has 1 amide bonds. The fraction of sp³-hybridized carbons (Fsp3) is 0.188. The molecule has 2 aromatic carbocycles. The number of ether oxygens (including phenoxy) is 1. The molecule has 0 fully saturated rings. The second kappa shape index (κ2) is 7.55. The summed E-state index contributed by atoms with van der Waals surface area (Å²) in [5.74, 6) is 0.584. The Morgan fingerprint density at radius 2 is 1.86 bits per heavy atom. The predicted molar refractivity (Wildman–Crippen MR) is 85.7 cm³/mol. The maximum atomic E-state index is 11.8. The zero-order valence-corrected chi connectivity index (χ0v) is 12.3. The molecular weight excluding hydrogens is 288 g/mol. The number of rotatable bonds is 6. The van der Waals surface area contributed by atoms with Gasteiger partial charge in [0.05, 0.1) is 11.6 Å². The number of carbonyl (C=O) groups excluding carboxylic acids is 1. The number of benzene rings is 2. The molecule has 21 heavy (non-hydrogen) atoms. The number of halogens is 1. The lowest BCUT2D eigenvalue weighted by molar-refractivity contribution is -0.116. The van der Waals surface area contributed by atoms with Crippen LogP contribution in [0, 0.1) is 0 Å². The second-order valence-electron chi connectivity index (χ2n) is 4.55. The number of hydrogen-bond donors (Lipinski definition) is 2. The fourth-order valence-corrected chi connectivity index (χ4v) is 1.96. The van der Waals surface area contributed by atoms with Crippen LogP contribution < -0.4 is 15.8 Å². The molecule has 2 aromatic rings. The van der Waals surface area contributed by atoms with Gasteiger partial charge in [0, 0.05) is 17.8 Å². The molecule has 0 radical (unpaired) electrons. The quantitative estimate of drug-likeness (QED) is 0.631. The summed E-state index contributed by atoms with van der Waals surface area (Å²) in [5, 5.41) is 3.38. The van der Waals surface area contributed by atoms with Crippen molar-refractivity contribution < 1.29 is 9.53 Å². The van der Waals surface area contributed by atoms with Crippen LogP contribution in [-0.4, -0.2) is 12.5 Å². The molecule has 0 saturated carbocycles. The van der Waals surface area contributed by atoms with E-state index in [0.717, 1.165) is 5.69 Å². The van der Waals surface area contributed by atoms with Crippen LogP contribution in [0.2, 0.25) is 5.02 Å². The van der Waals surface area contributed by atoms with Gasteiger partial charge in [-0.25, -0.2) is 0 Å². The summed E-state index contributed by atoms with van der Waals surface area (Å²) in [4.78, 5) is 11.8. The summed E-state index contributed by atoms with van der Waals surface area (Å²) in [7, 11) is 0. The van der Waals surface area contributed by atoms with E-state index in [1.54, 1.807) is 36.4 Å². The lowest BCUT2D eigenvalue weighted by Gasteiger charge is -2.08. The SMILES string of the molecule is Nc1ccc(NC(=O)CCCOc2ccccc2Cl)cc1. The number of nitrogen functional groups attached to an aromatic ring is 1. The van der Waals surface area contributed by atoms with Crippen LogP contribution in [0.15, 0.2) is 48.5 Å². The Bertz CT molecular complexity index is 599. The molecule has 5 heteroatoms. The largest absolute Gasteiger partial charge is 0.492 e. The van der Waals surface area contributed by atoms with Crippen LogP contribution in [0.3, 0.4) is 0 Å². The van der Waals surface area contributed by atoms with Crippen molar-refractivity contribution in [2.75, 3.05) is 17.7 Å². The number of nitrogens with one attached hydrogen (secondary N) is 1. The van der Waals surface area contributed by atoms with Crippen molar-refractivity contribution in [3.8, 4) is 5.75 Å². The van der Waals surface area contributed by atoms with Gasteiger partial charge in [-0.1, -0.05) is 23.7 Å². The molecule has 0 atom stereocenters. The Labute approximate surface area is 128 Å². The zero-order chi connectivity index (χ0) is 15.1. The third-order valence-electron chi connectivity index (χ3n) is 2.84. The summed E-state index contributed by atoms with van der Waals surface area (Å²) in [6.45, 7) is 0.443. The lowest BCUT2D eigenvalue weighted by Crippen LogP contribution is -2.12. The van der Waals surface area contributed by atoms with Crippen LogP contribution in [-0.2, 0) is 4.79 Å². The van der Waals surface area contributed by atoms with Crippen LogP contribution in [0.25, 0.3) is 0 Å². The Balaban J connectivity index is 1.70. The summed E-state index contributed by atoms with van der Waals surface area (Å²) >= 11 is 5.97. The Morgan fingerprint density at radius 3 is 2.57 bits per heavy atom. The minimum absolute atomic E-state index is 0.0532. The van der Waals surface area contributed by atoms with Crippen molar-refractivity contribution in [2.24, 2.45) is 0 Å². The standard InChI is InChI=1S/C16H17ClN2O2/c17-14-4-1-2-5-15(14)21-11-3-6-16(20)19-13-9-7-12(18)8-10-13/h1-2,4-5,7-10H,3,6,11,18H2,(H,19,20). The smallest absolute Gasteiger partial charge is 0.224 e. The zero-order valence-electron chi connectivity index (χ0n) is 11.5. The van der Waals surface area contributed by atoms with Crippen molar-refractivity contribution in [3.63, 3.8) is 0 Å². The first-order chi connectivity index (χ1) is 10.1. The molecule has 0 spiro atoms. The normalized spacial score (nSPS) is 10.1.